The molecule has 1 saturated heterocycles. The molecule has 0 spiro atoms. The number of nitrogens with one attached hydrogen (secondary N) is 1. The summed E-state index contributed by atoms with van der Waals surface area (Å²) in [6.45, 7) is 3.86. The second-order valence-electron chi connectivity index (χ2n) is 6.30. The molecule has 0 radical (unpaired) electrons. The molecule has 0 bridgehead atoms. The quantitative estimate of drug-likeness (QED) is 0.814. The summed E-state index contributed by atoms with van der Waals surface area (Å²) >= 11 is 0. The number of fused-ring (bicyclic) bond motifs is 2. The molecule has 0 amide bonds. The number of hydrogen-bond donors (Lipinski definition) is 1. The fraction of sp³-hybridized carbons (Fsp3) is 0.625. The Morgan fingerprint density at radius 3 is 2.67 bits per heavy atom. The Morgan fingerprint density at radius 1 is 1.06 bits per heavy atom. The van der Waals surface area contributed by atoms with Gasteiger partial charge >= 0.3 is 0 Å². The Kier molecular flexibility index (Phi) is 2.58. The van der Waals surface area contributed by atoms with Crippen LogP contribution < -0.4 is 5.32 Å². The average molecular weight is 242 g/mol. The maximum absolute atomic E-state index is 3.61. The summed E-state index contributed by atoms with van der Waals surface area (Å²) in [5, 5.41) is 3.61. The lowest BCUT2D eigenvalue weighted by Crippen LogP contribution is -2.43. The molecular formula is C16H22N2. The Hall–Kier alpha value is -1.02. The molecule has 2 heteroatoms. The van der Waals surface area contributed by atoms with Crippen molar-refractivity contribution in [2.24, 2.45) is 11.8 Å². The van der Waals surface area contributed by atoms with Crippen LogP contribution in [0.15, 0.2) is 24.3 Å². The highest BCUT2D eigenvalue weighted by molar-refractivity contribution is 5.53. The van der Waals surface area contributed by atoms with Gasteiger partial charge in [0, 0.05) is 31.4 Å². The van der Waals surface area contributed by atoms with Gasteiger partial charge in [0.15, 0.2) is 0 Å². The maximum Gasteiger partial charge on any atom is 0.0373 e. The van der Waals surface area contributed by atoms with Gasteiger partial charge in [-0.15, -0.1) is 0 Å². The molecule has 2 aliphatic heterocycles. The Labute approximate surface area is 109 Å². The van der Waals surface area contributed by atoms with E-state index >= 15 is 0 Å². The number of rotatable bonds is 1. The molecule has 3 aliphatic rings. The molecule has 18 heavy (non-hydrogen) atoms. The lowest BCUT2D eigenvalue weighted by atomic mass is 9.98. The summed E-state index contributed by atoms with van der Waals surface area (Å²) in [6.07, 6.45) is 5.69. The Morgan fingerprint density at radius 2 is 1.83 bits per heavy atom. The van der Waals surface area contributed by atoms with E-state index in [1.165, 1.54) is 50.0 Å². The van der Waals surface area contributed by atoms with E-state index < -0.39 is 0 Å². The smallest absolute Gasteiger partial charge is 0.0373 e. The van der Waals surface area contributed by atoms with E-state index in [4.69, 9.17) is 0 Å². The van der Waals surface area contributed by atoms with E-state index in [1.54, 1.807) is 0 Å². The van der Waals surface area contributed by atoms with Crippen molar-refractivity contribution >= 4 is 5.69 Å². The first-order valence-corrected chi connectivity index (χ1v) is 7.46. The molecule has 3 unspecified atom stereocenters. The van der Waals surface area contributed by atoms with Crippen molar-refractivity contribution in [2.45, 2.75) is 31.7 Å². The molecule has 3 atom stereocenters. The highest BCUT2D eigenvalue weighted by atomic mass is 15.2. The van der Waals surface area contributed by atoms with Crippen LogP contribution in [0.3, 0.4) is 0 Å². The predicted molar refractivity (Wildman–Crippen MR) is 74.8 cm³/mol. The monoisotopic (exact) mass is 242 g/mol. The minimum absolute atomic E-state index is 0.727. The van der Waals surface area contributed by atoms with Gasteiger partial charge in [-0.2, -0.15) is 0 Å². The molecule has 2 heterocycles. The molecule has 96 valence electrons. The zero-order chi connectivity index (χ0) is 11.9. The summed E-state index contributed by atoms with van der Waals surface area (Å²) in [5.41, 5.74) is 2.86. The van der Waals surface area contributed by atoms with Gasteiger partial charge in [0.1, 0.15) is 0 Å². The fourth-order valence-electron chi connectivity index (χ4n) is 4.25. The van der Waals surface area contributed by atoms with Crippen molar-refractivity contribution < 1.29 is 0 Å². The van der Waals surface area contributed by atoms with Crippen LogP contribution in [0.25, 0.3) is 0 Å². The van der Waals surface area contributed by atoms with Gasteiger partial charge in [0.05, 0.1) is 0 Å². The second kappa shape index (κ2) is 4.27. The van der Waals surface area contributed by atoms with Crippen LogP contribution in [-0.4, -0.2) is 30.6 Å². The van der Waals surface area contributed by atoms with Crippen LogP contribution in [0.4, 0.5) is 5.69 Å². The topological polar surface area (TPSA) is 15.3 Å². The van der Waals surface area contributed by atoms with E-state index in [0.29, 0.717) is 0 Å². The predicted octanol–water partition coefficient (Wildman–Crippen LogP) is 2.76. The molecular weight excluding hydrogens is 220 g/mol. The van der Waals surface area contributed by atoms with Crippen LogP contribution in [0.2, 0.25) is 0 Å². The standard InChI is InChI=1S/C16H22N2/c1-2-7-16-12(4-1)8-15(9-17-16)18-10-13-5-3-6-14(13)11-18/h1-2,4,7,13-15,17H,3,5-6,8-11H2. The number of anilines is 1. The zero-order valence-corrected chi connectivity index (χ0v) is 10.9. The van der Waals surface area contributed by atoms with Crippen LogP contribution in [0, 0.1) is 11.8 Å². The van der Waals surface area contributed by atoms with Crippen molar-refractivity contribution in [3.8, 4) is 0 Å². The van der Waals surface area contributed by atoms with Crippen molar-refractivity contribution in [3.05, 3.63) is 29.8 Å². The minimum Gasteiger partial charge on any atom is -0.383 e. The largest absolute Gasteiger partial charge is 0.383 e. The van der Waals surface area contributed by atoms with Crippen LogP contribution in [-0.2, 0) is 6.42 Å². The third kappa shape index (κ3) is 1.74. The lowest BCUT2D eigenvalue weighted by Gasteiger charge is -2.33. The first-order valence-electron chi connectivity index (χ1n) is 7.46. The van der Waals surface area contributed by atoms with Gasteiger partial charge in [0.25, 0.3) is 0 Å². The third-order valence-corrected chi connectivity index (χ3v) is 5.27. The van der Waals surface area contributed by atoms with Gasteiger partial charge in [-0.25, -0.2) is 0 Å². The van der Waals surface area contributed by atoms with Crippen LogP contribution in [0.5, 0.6) is 0 Å². The summed E-state index contributed by atoms with van der Waals surface area (Å²) in [5.74, 6) is 2.03. The molecule has 1 aromatic carbocycles. The van der Waals surface area contributed by atoms with Crippen molar-refractivity contribution in [2.75, 3.05) is 25.0 Å². The molecule has 2 nitrogen and oxygen atoms in total. The molecule has 1 saturated carbocycles. The third-order valence-electron chi connectivity index (χ3n) is 5.27. The first-order chi connectivity index (χ1) is 8.90. The van der Waals surface area contributed by atoms with E-state index in [9.17, 15) is 0 Å². The summed E-state index contributed by atoms with van der Waals surface area (Å²) < 4.78 is 0. The fourth-order valence-corrected chi connectivity index (χ4v) is 4.25. The van der Waals surface area contributed by atoms with Crippen LogP contribution in [0.1, 0.15) is 24.8 Å². The SMILES string of the molecule is c1ccc2c(c1)CC(N1CC3CCCC3C1)CN2. The highest BCUT2D eigenvalue weighted by Gasteiger charge is 2.39. The van der Waals surface area contributed by atoms with E-state index in [1.807, 2.05) is 0 Å². The molecule has 1 aromatic rings. The normalized spacial score (nSPS) is 35.0. The van der Waals surface area contributed by atoms with E-state index in [-0.39, 0.29) is 0 Å². The van der Waals surface area contributed by atoms with E-state index in [0.717, 1.165) is 24.4 Å². The number of likely N-dealkylation sites (tertiary alicyclic amines) is 1. The molecule has 1 aliphatic carbocycles. The minimum atomic E-state index is 0.727. The van der Waals surface area contributed by atoms with Gasteiger partial charge in [-0.3, -0.25) is 4.90 Å². The van der Waals surface area contributed by atoms with Gasteiger partial charge in [-0.05, 0) is 42.7 Å². The van der Waals surface area contributed by atoms with Crippen molar-refractivity contribution in [3.63, 3.8) is 0 Å². The Balaban J connectivity index is 1.48. The number of nitrogens with zero attached hydrogens (tertiary/aromatic N) is 1. The average Bonchev–Trinajstić information content (AvgIpc) is 2.99. The summed E-state index contributed by atoms with van der Waals surface area (Å²) in [7, 11) is 0. The van der Waals surface area contributed by atoms with Gasteiger partial charge in [-0.1, -0.05) is 24.6 Å². The van der Waals surface area contributed by atoms with Crippen molar-refractivity contribution in [1.29, 1.82) is 0 Å². The number of benzene rings is 1. The second-order valence-corrected chi connectivity index (χ2v) is 6.30. The molecule has 1 N–H and O–H groups in total. The number of para-hydroxylation sites is 1. The van der Waals surface area contributed by atoms with Crippen molar-refractivity contribution in [1.82, 2.24) is 4.90 Å². The Bertz CT molecular complexity index is 430. The summed E-state index contributed by atoms with van der Waals surface area (Å²) in [6, 6.07) is 9.52. The molecule has 2 fully saturated rings. The maximum atomic E-state index is 3.61. The summed E-state index contributed by atoms with van der Waals surface area (Å²) in [4.78, 5) is 2.76. The number of hydrogen-bond acceptors (Lipinski definition) is 2. The molecule has 0 aromatic heterocycles. The first kappa shape index (κ1) is 10.9. The lowest BCUT2D eigenvalue weighted by molar-refractivity contribution is 0.228. The highest BCUT2D eigenvalue weighted by Crippen LogP contribution is 2.39. The van der Waals surface area contributed by atoms with Crippen LogP contribution >= 0.6 is 0 Å². The zero-order valence-electron chi connectivity index (χ0n) is 10.9. The van der Waals surface area contributed by atoms with E-state index in [2.05, 4.69) is 34.5 Å². The van der Waals surface area contributed by atoms with Gasteiger partial charge < -0.3 is 5.32 Å². The molecule has 4 rings (SSSR count). The van der Waals surface area contributed by atoms with Gasteiger partial charge in [0.2, 0.25) is 0 Å².